The van der Waals surface area contributed by atoms with Gasteiger partial charge in [-0.25, -0.2) is 0 Å². The van der Waals surface area contributed by atoms with E-state index >= 15 is 0 Å². The smallest absolute Gasteiger partial charge is 0.248 e. The molecule has 0 spiro atoms. The highest BCUT2D eigenvalue weighted by atomic mass is 35.5. The second kappa shape index (κ2) is 10.6. The first-order valence-corrected chi connectivity index (χ1v) is 6.56. The number of nitrogens with zero attached hydrogens (tertiary/aromatic N) is 1. The minimum absolute atomic E-state index is 0. The number of ether oxygens (including phenoxy) is 1. The summed E-state index contributed by atoms with van der Waals surface area (Å²) in [5.41, 5.74) is 0. The Kier molecular flexibility index (Phi) is 10.3. The van der Waals surface area contributed by atoms with E-state index in [1.807, 2.05) is 6.92 Å². The van der Waals surface area contributed by atoms with Gasteiger partial charge in [-0.15, -0.1) is 12.4 Å². The van der Waals surface area contributed by atoms with E-state index in [1.54, 1.807) is 6.92 Å². The molecule has 1 atom stereocenters. The Morgan fingerprint density at radius 3 is 2.72 bits per heavy atom. The molecule has 1 saturated heterocycles. The van der Waals surface area contributed by atoms with Gasteiger partial charge in [0.25, 0.3) is 0 Å². The maximum Gasteiger partial charge on any atom is 0.248 e. The van der Waals surface area contributed by atoms with Crippen molar-refractivity contribution in [3.8, 4) is 0 Å². The molecular formula is C12H26ClN3O2. The highest BCUT2D eigenvalue weighted by Crippen LogP contribution is 1.94. The zero-order valence-electron chi connectivity index (χ0n) is 11.4. The Morgan fingerprint density at radius 2 is 2.11 bits per heavy atom. The highest BCUT2D eigenvalue weighted by Gasteiger charge is 2.12. The first-order chi connectivity index (χ1) is 8.24. The molecule has 0 radical (unpaired) electrons. The van der Waals surface area contributed by atoms with Gasteiger partial charge in [-0.2, -0.15) is 0 Å². The Bertz CT molecular complexity index is 223. The Balaban J connectivity index is 0.00000289. The summed E-state index contributed by atoms with van der Waals surface area (Å²) in [7, 11) is 0. The maximum absolute atomic E-state index is 11.5. The number of carbonyl (C=O) groups is 1. The quantitative estimate of drug-likeness (QED) is 0.656. The summed E-state index contributed by atoms with van der Waals surface area (Å²) in [5.74, 6) is -0.00726. The minimum Gasteiger partial charge on any atom is -0.369 e. The summed E-state index contributed by atoms with van der Waals surface area (Å²) in [5, 5.41) is 6.22. The predicted octanol–water partition coefficient (Wildman–Crippen LogP) is 0.245. The van der Waals surface area contributed by atoms with E-state index in [0.29, 0.717) is 6.61 Å². The highest BCUT2D eigenvalue weighted by molar-refractivity contribution is 5.85. The molecule has 0 aromatic carbocycles. The average Bonchev–Trinajstić information content (AvgIpc) is 2.36. The molecule has 0 aliphatic carbocycles. The molecule has 0 bridgehead atoms. The van der Waals surface area contributed by atoms with Gasteiger partial charge in [0.1, 0.15) is 6.10 Å². The summed E-state index contributed by atoms with van der Waals surface area (Å²) >= 11 is 0. The Morgan fingerprint density at radius 1 is 1.44 bits per heavy atom. The van der Waals surface area contributed by atoms with E-state index in [9.17, 15) is 4.79 Å². The second-order valence-electron chi connectivity index (χ2n) is 4.33. The van der Waals surface area contributed by atoms with Crippen molar-refractivity contribution in [2.75, 3.05) is 45.9 Å². The first kappa shape index (κ1) is 17.6. The van der Waals surface area contributed by atoms with Crippen molar-refractivity contribution >= 4 is 18.3 Å². The lowest BCUT2D eigenvalue weighted by Gasteiger charge is -2.27. The van der Waals surface area contributed by atoms with E-state index < -0.39 is 0 Å². The molecule has 1 amide bonds. The normalized spacial score (nSPS) is 17.9. The van der Waals surface area contributed by atoms with Crippen molar-refractivity contribution in [2.24, 2.45) is 0 Å². The zero-order chi connectivity index (χ0) is 12.5. The van der Waals surface area contributed by atoms with Crippen LogP contribution in [-0.2, 0) is 9.53 Å². The van der Waals surface area contributed by atoms with Crippen LogP contribution in [0.1, 0.15) is 20.3 Å². The summed E-state index contributed by atoms with van der Waals surface area (Å²) < 4.78 is 5.22. The van der Waals surface area contributed by atoms with Gasteiger partial charge in [0.05, 0.1) is 0 Å². The van der Waals surface area contributed by atoms with Crippen LogP contribution in [0.4, 0.5) is 0 Å². The summed E-state index contributed by atoms with van der Waals surface area (Å²) in [4.78, 5) is 13.9. The molecule has 0 aromatic heterocycles. The molecule has 1 fully saturated rings. The molecule has 6 heteroatoms. The van der Waals surface area contributed by atoms with Crippen molar-refractivity contribution < 1.29 is 9.53 Å². The van der Waals surface area contributed by atoms with Crippen LogP contribution in [-0.4, -0.2) is 62.8 Å². The minimum atomic E-state index is -0.334. The van der Waals surface area contributed by atoms with Crippen molar-refractivity contribution in [1.82, 2.24) is 15.5 Å². The van der Waals surface area contributed by atoms with E-state index in [1.165, 1.54) is 0 Å². The third kappa shape index (κ3) is 7.16. The van der Waals surface area contributed by atoms with E-state index in [0.717, 1.165) is 45.7 Å². The summed E-state index contributed by atoms with van der Waals surface area (Å²) in [6, 6.07) is 0. The largest absolute Gasteiger partial charge is 0.369 e. The van der Waals surface area contributed by atoms with Crippen molar-refractivity contribution in [2.45, 2.75) is 26.4 Å². The lowest BCUT2D eigenvalue weighted by molar-refractivity contribution is -0.131. The number of hydrogen-bond acceptors (Lipinski definition) is 4. The van der Waals surface area contributed by atoms with E-state index in [2.05, 4.69) is 15.5 Å². The van der Waals surface area contributed by atoms with Crippen LogP contribution >= 0.6 is 12.4 Å². The van der Waals surface area contributed by atoms with Gasteiger partial charge < -0.3 is 20.3 Å². The molecular weight excluding hydrogens is 254 g/mol. The topological polar surface area (TPSA) is 53.6 Å². The van der Waals surface area contributed by atoms with Crippen LogP contribution < -0.4 is 10.6 Å². The number of amides is 1. The fourth-order valence-corrected chi connectivity index (χ4v) is 1.92. The van der Waals surface area contributed by atoms with Crippen LogP contribution in [0.5, 0.6) is 0 Å². The van der Waals surface area contributed by atoms with Crippen molar-refractivity contribution in [1.29, 1.82) is 0 Å². The zero-order valence-corrected chi connectivity index (χ0v) is 12.2. The van der Waals surface area contributed by atoms with Crippen LogP contribution in [0, 0.1) is 0 Å². The van der Waals surface area contributed by atoms with Gasteiger partial charge in [0, 0.05) is 39.3 Å². The molecule has 18 heavy (non-hydrogen) atoms. The molecule has 1 heterocycles. The fraction of sp³-hybridized carbons (Fsp3) is 0.917. The van der Waals surface area contributed by atoms with Crippen LogP contribution in [0.25, 0.3) is 0 Å². The molecule has 0 saturated carbocycles. The number of nitrogens with one attached hydrogen (secondary N) is 2. The fourth-order valence-electron chi connectivity index (χ4n) is 1.92. The van der Waals surface area contributed by atoms with Crippen molar-refractivity contribution in [3.05, 3.63) is 0 Å². The second-order valence-corrected chi connectivity index (χ2v) is 4.33. The standard InChI is InChI=1S/C12H25N3O2.ClH/c1-3-17-11(2)12(16)14-5-4-8-15-9-6-13-7-10-15;/h11,13H,3-10H2,1-2H3,(H,14,16);1H. The van der Waals surface area contributed by atoms with Gasteiger partial charge in [0.15, 0.2) is 0 Å². The van der Waals surface area contributed by atoms with Gasteiger partial charge in [-0.3, -0.25) is 4.79 Å². The first-order valence-electron chi connectivity index (χ1n) is 6.56. The number of rotatable bonds is 7. The van der Waals surface area contributed by atoms with Crippen LogP contribution in [0.15, 0.2) is 0 Å². The van der Waals surface area contributed by atoms with Gasteiger partial charge in [-0.05, 0) is 26.8 Å². The van der Waals surface area contributed by atoms with Crippen LogP contribution in [0.2, 0.25) is 0 Å². The van der Waals surface area contributed by atoms with Gasteiger partial charge in [-0.1, -0.05) is 0 Å². The average molecular weight is 280 g/mol. The Hall–Kier alpha value is -0.360. The molecule has 1 rings (SSSR count). The molecule has 0 aromatic rings. The summed E-state index contributed by atoms with van der Waals surface area (Å²) in [6.45, 7) is 10.4. The third-order valence-electron chi connectivity index (χ3n) is 2.95. The van der Waals surface area contributed by atoms with Gasteiger partial charge in [0.2, 0.25) is 5.91 Å². The van der Waals surface area contributed by atoms with E-state index in [4.69, 9.17) is 4.74 Å². The molecule has 1 aliphatic rings. The maximum atomic E-state index is 11.5. The monoisotopic (exact) mass is 279 g/mol. The SMILES string of the molecule is CCOC(C)C(=O)NCCCN1CCNCC1.Cl. The van der Waals surface area contributed by atoms with Crippen molar-refractivity contribution in [3.63, 3.8) is 0 Å². The number of halogens is 1. The molecule has 2 N–H and O–H groups in total. The number of carbonyl (C=O) groups excluding carboxylic acids is 1. The van der Waals surface area contributed by atoms with E-state index in [-0.39, 0.29) is 24.4 Å². The number of hydrogen-bond donors (Lipinski definition) is 2. The summed E-state index contributed by atoms with van der Waals surface area (Å²) in [6.07, 6.45) is 0.670. The molecule has 1 unspecified atom stereocenters. The van der Waals surface area contributed by atoms with Crippen LogP contribution in [0.3, 0.4) is 0 Å². The number of piperazine rings is 1. The molecule has 1 aliphatic heterocycles. The van der Waals surface area contributed by atoms with Gasteiger partial charge >= 0.3 is 0 Å². The molecule has 5 nitrogen and oxygen atoms in total. The predicted molar refractivity (Wildman–Crippen MR) is 75.3 cm³/mol. The molecule has 108 valence electrons. The lowest BCUT2D eigenvalue weighted by Crippen LogP contribution is -2.44. The lowest BCUT2D eigenvalue weighted by atomic mass is 10.3. The Labute approximate surface area is 116 Å². The third-order valence-corrected chi connectivity index (χ3v) is 2.95.